The van der Waals surface area contributed by atoms with E-state index in [9.17, 15) is 24.0 Å². The highest BCUT2D eigenvalue weighted by molar-refractivity contribution is 8.01. The van der Waals surface area contributed by atoms with Gasteiger partial charge in [0.2, 0.25) is 17.7 Å². The summed E-state index contributed by atoms with van der Waals surface area (Å²) in [6.07, 6.45) is 10.8. The average Bonchev–Trinajstić information content (AvgIpc) is 4.00. The maximum absolute atomic E-state index is 14.4. The van der Waals surface area contributed by atoms with Gasteiger partial charge in [0.1, 0.15) is 5.82 Å². The van der Waals surface area contributed by atoms with Crippen LogP contribution < -0.4 is 10.6 Å². The van der Waals surface area contributed by atoms with Gasteiger partial charge in [-0.15, -0.1) is 11.3 Å². The number of thiazole rings is 2. The zero-order valence-corrected chi connectivity index (χ0v) is 40.2. The van der Waals surface area contributed by atoms with Gasteiger partial charge in [0.25, 0.3) is 11.8 Å². The third-order valence-corrected chi connectivity index (χ3v) is 15.3. The Morgan fingerprint density at radius 3 is 2.26 bits per heavy atom. The number of hydrogen-bond acceptors (Lipinski definition) is 12. The summed E-state index contributed by atoms with van der Waals surface area (Å²) in [5.41, 5.74) is 5.42. The van der Waals surface area contributed by atoms with Crippen LogP contribution in [0.2, 0.25) is 5.02 Å². The van der Waals surface area contributed by atoms with E-state index >= 15 is 0 Å². The summed E-state index contributed by atoms with van der Waals surface area (Å²) in [6, 6.07) is 11.4. The molecule has 0 spiro atoms. The maximum Gasteiger partial charge on any atom is 0.254 e. The number of carbonyl (C=O) groups is 5. The molecule has 3 aliphatic rings. The molecule has 3 fully saturated rings. The number of anilines is 3. The van der Waals surface area contributed by atoms with Gasteiger partial charge >= 0.3 is 0 Å². The summed E-state index contributed by atoms with van der Waals surface area (Å²) in [5, 5.41) is 8.00. The molecule has 2 aromatic carbocycles. The molecule has 1 atom stereocenters. The number of carbonyl (C=O) groups excluding carboxylic acids is 5. The van der Waals surface area contributed by atoms with Gasteiger partial charge in [0, 0.05) is 97.5 Å². The highest BCUT2D eigenvalue weighted by Crippen LogP contribution is 2.40. The Morgan fingerprint density at radius 1 is 0.818 bits per heavy atom. The summed E-state index contributed by atoms with van der Waals surface area (Å²) < 4.78 is 0.851. The molecule has 0 bridgehead atoms. The van der Waals surface area contributed by atoms with Crippen LogP contribution in [0.3, 0.4) is 0 Å². The largest absolute Gasteiger partial charge is 0.337 e. The minimum atomic E-state index is -0.170. The normalized spacial score (nSPS) is 16.4. The number of nitrogens with zero attached hydrogens (tertiary/aromatic N) is 7. The van der Waals surface area contributed by atoms with Crippen molar-refractivity contribution >= 4 is 91.7 Å². The second-order valence-electron chi connectivity index (χ2n) is 16.6. The average molecular weight is 965 g/mol. The third kappa shape index (κ3) is 10.7. The minimum absolute atomic E-state index is 0.00607. The lowest BCUT2D eigenvalue weighted by atomic mass is 9.92. The van der Waals surface area contributed by atoms with Crippen LogP contribution in [0.25, 0.3) is 11.1 Å². The van der Waals surface area contributed by atoms with Crippen LogP contribution >= 0.6 is 46.0 Å². The molecule has 8 rings (SSSR count). The first kappa shape index (κ1) is 46.6. The van der Waals surface area contributed by atoms with Crippen molar-refractivity contribution in [3.63, 3.8) is 0 Å². The molecular formula is C48H50ClN9O5S3. The van der Waals surface area contributed by atoms with E-state index in [1.54, 1.807) is 39.4 Å². The van der Waals surface area contributed by atoms with Gasteiger partial charge in [-0.05, 0) is 110 Å². The van der Waals surface area contributed by atoms with Crippen LogP contribution in [-0.2, 0) is 20.8 Å². The zero-order chi connectivity index (χ0) is 46.6. The second-order valence-corrected chi connectivity index (χ2v) is 20.5. The lowest BCUT2D eigenvalue weighted by Crippen LogP contribution is -2.50. The van der Waals surface area contributed by atoms with Crippen molar-refractivity contribution in [2.24, 2.45) is 5.92 Å². The molecule has 3 aromatic heterocycles. The highest BCUT2D eigenvalue weighted by Gasteiger charge is 2.31. The highest BCUT2D eigenvalue weighted by atomic mass is 35.5. The first-order chi connectivity index (χ1) is 31.8. The molecule has 0 unspecified atom stereocenters. The molecule has 14 nitrogen and oxygen atoms in total. The summed E-state index contributed by atoms with van der Waals surface area (Å²) >= 11 is 11.0. The number of aryl methyl sites for hydroxylation is 2. The van der Waals surface area contributed by atoms with E-state index in [2.05, 4.69) is 38.7 Å². The molecule has 5 heterocycles. The Hall–Kier alpha value is -5.88. The molecule has 2 aliphatic heterocycles. The Balaban J connectivity index is 1.02. The van der Waals surface area contributed by atoms with E-state index in [1.165, 1.54) is 46.6 Å². The van der Waals surface area contributed by atoms with Crippen molar-refractivity contribution in [1.29, 1.82) is 0 Å². The molecule has 5 aromatic rings. The van der Waals surface area contributed by atoms with E-state index < -0.39 is 0 Å². The van der Waals surface area contributed by atoms with E-state index in [0.29, 0.717) is 90.9 Å². The van der Waals surface area contributed by atoms with Crippen molar-refractivity contribution < 1.29 is 24.0 Å². The SMILES string of the molecule is C=CC(=O)N1CCN(C(=O)c2cc(Sc3cnc(Nc4cc(-c5cc(C)c(C(=O)N6CCCN(C(=O)C=C)[C@H](C)C6)cc5Cc5cnc(NC(=O)C6CC6)s5)ccn4)s3)c(Cl)cc2C)CC1. The Morgan fingerprint density at radius 2 is 1.52 bits per heavy atom. The quantitative estimate of drug-likeness (QED) is 0.110. The first-order valence-corrected chi connectivity index (χ1v) is 24.6. The Kier molecular flexibility index (Phi) is 14.4. The molecule has 2 N–H and O–H groups in total. The van der Waals surface area contributed by atoms with Crippen LogP contribution in [0.1, 0.15) is 68.5 Å². The molecule has 66 heavy (non-hydrogen) atoms. The fourth-order valence-corrected chi connectivity index (χ4v) is 11.2. The third-order valence-electron chi connectivity index (χ3n) is 11.9. The van der Waals surface area contributed by atoms with Crippen molar-refractivity contribution in [3.05, 3.63) is 118 Å². The number of pyridine rings is 1. The van der Waals surface area contributed by atoms with Crippen LogP contribution in [-0.4, -0.2) is 116 Å². The fraction of sp³-hybridized carbons (Fsp3) is 0.333. The summed E-state index contributed by atoms with van der Waals surface area (Å²) in [7, 11) is 0. The number of nitrogens with one attached hydrogen (secondary N) is 2. The molecule has 5 amide bonds. The van der Waals surface area contributed by atoms with Crippen LogP contribution in [0.5, 0.6) is 0 Å². The van der Waals surface area contributed by atoms with Crippen LogP contribution in [0.4, 0.5) is 16.1 Å². The number of benzene rings is 2. The number of halogens is 1. The fourth-order valence-electron chi connectivity index (χ4n) is 8.19. The summed E-state index contributed by atoms with van der Waals surface area (Å²) in [6.45, 7) is 16.2. The van der Waals surface area contributed by atoms with Gasteiger partial charge in [-0.1, -0.05) is 53.9 Å². The lowest BCUT2D eigenvalue weighted by Gasteiger charge is -2.34. The lowest BCUT2D eigenvalue weighted by molar-refractivity contribution is -0.128. The smallest absolute Gasteiger partial charge is 0.254 e. The first-order valence-electron chi connectivity index (χ1n) is 21.8. The molecule has 2 saturated heterocycles. The monoisotopic (exact) mass is 963 g/mol. The molecular weight excluding hydrogens is 914 g/mol. The number of amides is 5. The predicted molar refractivity (Wildman–Crippen MR) is 261 cm³/mol. The molecule has 0 radical (unpaired) electrons. The van der Waals surface area contributed by atoms with E-state index in [-0.39, 0.29) is 41.5 Å². The predicted octanol–water partition coefficient (Wildman–Crippen LogP) is 8.49. The summed E-state index contributed by atoms with van der Waals surface area (Å²) in [4.78, 5) is 87.7. The Labute approximate surface area is 401 Å². The van der Waals surface area contributed by atoms with E-state index in [4.69, 9.17) is 11.6 Å². The van der Waals surface area contributed by atoms with Crippen molar-refractivity contribution in [3.8, 4) is 11.1 Å². The van der Waals surface area contributed by atoms with Gasteiger partial charge in [-0.2, -0.15) is 0 Å². The van der Waals surface area contributed by atoms with Gasteiger partial charge in [-0.3, -0.25) is 24.0 Å². The minimum Gasteiger partial charge on any atom is -0.337 e. The number of aromatic nitrogens is 3. The number of rotatable bonds is 13. The topological polar surface area (TPSA) is 161 Å². The van der Waals surface area contributed by atoms with Gasteiger partial charge < -0.3 is 30.2 Å². The van der Waals surface area contributed by atoms with E-state index in [0.717, 1.165) is 54.6 Å². The molecule has 342 valence electrons. The van der Waals surface area contributed by atoms with Gasteiger partial charge in [0.05, 0.1) is 15.4 Å². The molecule has 18 heteroatoms. The number of piperazine rings is 1. The van der Waals surface area contributed by atoms with Crippen molar-refractivity contribution in [2.45, 2.75) is 61.6 Å². The van der Waals surface area contributed by atoms with Gasteiger partial charge in [0.15, 0.2) is 10.3 Å². The summed E-state index contributed by atoms with van der Waals surface area (Å²) in [5.74, 6) is 0.135. The Bertz CT molecular complexity index is 2730. The van der Waals surface area contributed by atoms with Crippen molar-refractivity contribution in [2.75, 3.05) is 56.4 Å². The van der Waals surface area contributed by atoms with E-state index in [1.807, 2.05) is 56.0 Å². The van der Waals surface area contributed by atoms with Crippen LogP contribution in [0.15, 0.2) is 89.4 Å². The van der Waals surface area contributed by atoms with Crippen LogP contribution in [0, 0.1) is 19.8 Å². The zero-order valence-electron chi connectivity index (χ0n) is 37.0. The number of hydrogen-bond donors (Lipinski definition) is 2. The van der Waals surface area contributed by atoms with Crippen molar-refractivity contribution in [1.82, 2.24) is 34.6 Å². The maximum atomic E-state index is 14.4. The second kappa shape index (κ2) is 20.3. The molecule has 1 saturated carbocycles. The standard InChI is InChI=1S/C48H50ClN9O5S3/c1-6-41(59)55-15-17-56(18-16-55)45(62)36-24-39(38(49)20-29(36)4)65-43-26-52-47(66-43)53-40-23-32(11-12-50-40)37-19-28(3)35(46(63)57-13-8-14-58(30(5)27-57)42(60)7-2)22-33(37)21-34-25-51-48(64-34)54-44(61)31-9-10-31/h6-7,11-12,19-20,22-26,30-31H,1-2,8-10,13-18,21,27H2,3-5H3,(H,50,52,53)(H,51,54,61)/t30-/m1/s1. The van der Waals surface area contributed by atoms with Gasteiger partial charge in [-0.25, -0.2) is 15.0 Å². The molecule has 1 aliphatic carbocycles.